The molecule has 1 amide bonds. The van der Waals surface area contributed by atoms with Gasteiger partial charge in [-0.25, -0.2) is 4.98 Å². The maximum atomic E-state index is 11.8. The van der Waals surface area contributed by atoms with E-state index in [1.165, 1.54) is 6.20 Å². The Morgan fingerprint density at radius 3 is 2.72 bits per heavy atom. The van der Waals surface area contributed by atoms with Crippen molar-refractivity contribution in [3.63, 3.8) is 0 Å². The van der Waals surface area contributed by atoms with Crippen LogP contribution in [0.2, 0.25) is 0 Å². The number of nitrogen functional groups attached to an aromatic ring is 1. The first kappa shape index (κ1) is 12.1. The number of nitrogens with zero attached hydrogens (tertiary/aromatic N) is 1. The molecule has 0 unspecified atom stereocenters. The van der Waals surface area contributed by atoms with Crippen LogP contribution in [0.1, 0.15) is 21.5 Å². The Hall–Kier alpha value is -2.36. The second-order valence-electron chi connectivity index (χ2n) is 4.08. The predicted molar refractivity (Wildman–Crippen MR) is 71.0 cm³/mol. The van der Waals surface area contributed by atoms with Crippen LogP contribution < -0.4 is 11.1 Å². The molecule has 92 valence electrons. The predicted octanol–water partition coefficient (Wildman–Crippen LogP) is 1.90. The lowest BCUT2D eigenvalue weighted by Gasteiger charge is -2.07. The van der Waals surface area contributed by atoms with Crippen molar-refractivity contribution < 1.29 is 4.79 Å². The third-order valence-corrected chi connectivity index (χ3v) is 2.75. The van der Waals surface area contributed by atoms with Gasteiger partial charge in [0.1, 0.15) is 5.82 Å². The lowest BCUT2D eigenvalue weighted by molar-refractivity contribution is 0.0950. The van der Waals surface area contributed by atoms with Crippen molar-refractivity contribution in [3.8, 4) is 0 Å². The molecule has 3 N–H and O–H groups in total. The summed E-state index contributed by atoms with van der Waals surface area (Å²) in [6.07, 6.45) is 1.47. The van der Waals surface area contributed by atoms with Gasteiger partial charge in [0.05, 0.1) is 5.56 Å². The molecule has 4 heteroatoms. The van der Waals surface area contributed by atoms with E-state index in [0.29, 0.717) is 17.9 Å². The summed E-state index contributed by atoms with van der Waals surface area (Å²) in [4.78, 5) is 15.7. The number of aryl methyl sites for hydroxylation is 1. The number of nitrogens with two attached hydrogens (primary N) is 1. The number of aromatic nitrogens is 1. The molecule has 0 bridgehead atoms. The number of pyridine rings is 1. The number of nitrogens with one attached hydrogen (secondary N) is 1. The molecule has 0 radical (unpaired) electrons. The zero-order valence-electron chi connectivity index (χ0n) is 10.2. The molecule has 0 aliphatic carbocycles. The van der Waals surface area contributed by atoms with Gasteiger partial charge in [-0.05, 0) is 30.2 Å². The van der Waals surface area contributed by atoms with E-state index in [2.05, 4.69) is 10.3 Å². The minimum atomic E-state index is -0.147. The Bertz CT molecular complexity index is 549. The molecule has 0 saturated carbocycles. The highest BCUT2D eigenvalue weighted by molar-refractivity contribution is 5.93. The Morgan fingerprint density at radius 1 is 1.28 bits per heavy atom. The third-order valence-electron chi connectivity index (χ3n) is 2.75. The number of hydrogen-bond donors (Lipinski definition) is 2. The van der Waals surface area contributed by atoms with Crippen LogP contribution in [0, 0.1) is 6.92 Å². The molecule has 0 atom stereocenters. The van der Waals surface area contributed by atoms with Crippen LogP contribution in [-0.2, 0) is 6.54 Å². The third kappa shape index (κ3) is 2.85. The number of hydrogen-bond acceptors (Lipinski definition) is 3. The van der Waals surface area contributed by atoms with E-state index in [9.17, 15) is 4.79 Å². The minimum Gasteiger partial charge on any atom is -0.384 e. The Balaban J connectivity index is 2.01. The molecule has 2 aromatic rings. The second kappa shape index (κ2) is 5.31. The summed E-state index contributed by atoms with van der Waals surface area (Å²) in [5.41, 5.74) is 8.25. The van der Waals surface area contributed by atoms with Gasteiger partial charge in [-0.15, -0.1) is 0 Å². The minimum absolute atomic E-state index is 0.147. The van der Waals surface area contributed by atoms with E-state index in [4.69, 9.17) is 5.73 Å². The molecule has 0 saturated heterocycles. The van der Waals surface area contributed by atoms with Crippen LogP contribution in [0.4, 0.5) is 5.82 Å². The number of anilines is 1. The van der Waals surface area contributed by atoms with Gasteiger partial charge in [0, 0.05) is 12.7 Å². The summed E-state index contributed by atoms with van der Waals surface area (Å²) in [6.45, 7) is 2.53. The Kier molecular flexibility index (Phi) is 3.57. The van der Waals surface area contributed by atoms with Gasteiger partial charge >= 0.3 is 0 Å². The molecule has 2 rings (SSSR count). The lowest BCUT2D eigenvalue weighted by Crippen LogP contribution is -2.23. The molecule has 18 heavy (non-hydrogen) atoms. The molecule has 4 nitrogen and oxygen atoms in total. The summed E-state index contributed by atoms with van der Waals surface area (Å²) < 4.78 is 0. The smallest absolute Gasteiger partial charge is 0.253 e. The van der Waals surface area contributed by atoms with Crippen molar-refractivity contribution in [1.29, 1.82) is 0 Å². The van der Waals surface area contributed by atoms with E-state index in [0.717, 1.165) is 11.1 Å². The van der Waals surface area contributed by atoms with Gasteiger partial charge in [0.15, 0.2) is 0 Å². The highest BCUT2D eigenvalue weighted by atomic mass is 16.1. The summed E-state index contributed by atoms with van der Waals surface area (Å²) in [5.74, 6) is 0.260. The molecule has 0 fully saturated rings. The van der Waals surface area contributed by atoms with E-state index in [1.54, 1.807) is 12.1 Å². The number of amides is 1. The second-order valence-corrected chi connectivity index (χ2v) is 4.08. The van der Waals surface area contributed by atoms with E-state index in [1.807, 2.05) is 31.2 Å². The molecule has 0 aliphatic heterocycles. The van der Waals surface area contributed by atoms with Crippen molar-refractivity contribution in [3.05, 3.63) is 59.3 Å². The first-order chi connectivity index (χ1) is 8.66. The highest BCUT2D eigenvalue weighted by Crippen LogP contribution is 2.07. The van der Waals surface area contributed by atoms with Crippen molar-refractivity contribution in [1.82, 2.24) is 10.3 Å². The normalized spacial score (nSPS) is 10.1. The number of carbonyl (C=O) groups excluding carboxylic acids is 1. The van der Waals surface area contributed by atoms with E-state index >= 15 is 0 Å². The fraction of sp³-hybridized carbons (Fsp3) is 0.143. The van der Waals surface area contributed by atoms with Crippen LogP contribution >= 0.6 is 0 Å². The number of rotatable bonds is 3. The monoisotopic (exact) mass is 241 g/mol. The first-order valence-electron chi connectivity index (χ1n) is 5.71. The largest absolute Gasteiger partial charge is 0.384 e. The summed E-state index contributed by atoms with van der Waals surface area (Å²) in [5, 5.41) is 2.86. The fourth-order valence-corrected chi connectivity index (χ4v) is 1.63. The molecule has 1 aromatic carbocycles. The van der Waals surface area contributed by atoms with Gasteiger partial charge in [-0.2, -0.15) is 0 Å². The van der Waals surface area contributed by atoms with Crippen molar-refractivity contribution in [2.75, 3.05) is 5.73 Å². The van der Waals surface area contributed by atoms with Gasteiger partial charge in [0.2, 0.25) is 0 Å². The Morgan fingerprint density at radius 2 is 2.06 bits per heavy atom. The van der Waals surface area contributed by atoms with Crippen molar-refractivity contribution in [2.45, 2.75) is 13.5 Å². The van der Waals surface area contributed by atoms with Crippen LogP contribution in [0.15, 0.2) is 42.6 Å². The van der Waals surface area contributed by atoms with Gasteiger partial charge in [0.25, 0.3) is 5.91 Å². The standard InChI is InChI=1S/C14H15N3O/c1-10-4-2-3-5-11(10)8-17-14(18)12-6-7-13(15)16-9-12/h2-7,9H,8H2,1H3,(H2,15,16)(H,17,18). The molecular weight excluding hydrogens is 226 g/mol. The van der Waals surface area contributed by atoms with Gasteiger partial charge in [-0.1, -0.05) is 24.3 Å². The van der Waals surface area contributed by atoms with Crippen LogP contribution in [-0.4, -0.2) is 10.9 Å². The summed E-state index contributed by atoms with van der Waals surface area (Å²) in [7, 11) is 0. The maximum absolute atomic E-state index is 11.8. The van der Waals surface area contributed by atoms with Crippen molar-refractivity contribution in [2.24, 2.45) is 0 Å². The molecule has 1 aromatic heterocycles. The lowest BCUT2D eigenvalue weighted by atomic mass is 10.1. The quantitative estimate of drug-likeness (QED) is 0.862. The number of carbonyl (C=O) groups is 1. The number of benzene rings is 1. The maximum Gasteiger partial charge on any atom is 0.253 e. The zero-order valence-corrected chi connectivity index (χ0v) is 10.2. The van der Waals surface area contributed by atoms with Crippen LogP contribution in [0.25, 0.3) is 0 Å². The Labute approximate surface area is 106 Å². The average Bonchev–Trinajstić information content (AvgIpc) is 2.38. The van der Waals surface area contributed by atoms with E-state index < -0.39 is 0 Å². The van der Waals surface area contributed by atoms with Crippen molar-refractivity contribution >= 4 is 11.7 Å². The highest BCUT2D eigenvalue weighted by Gasteiger charge is 2.06. The first-order valence-corrected chi connectivity index (χ1v) is 5.71. The molecule has 0 spiro atoms. The van der Waals surface area contributed by atoms with Gasteiger partial charge in [-0.3, -0.25) is 4.79 Å². The van der Waals surface area contributed by atoms with E-state index in [-0.39, 0.29) is 5.91 Å². The summed E-state index contributed by atoms with van der Waals surface area (Å²) in [6, 6.07) is 11.2. The van der Waals surface area contributed by atoms with Crippen LogP contribution in [0.5, 0.6) is 0 Å². The zero-order chi connectivity index (χ0) is 13.0. The fourth-order valence-electron chi connectivity index (χ4n) is 1.63. The average molecular weight is 241 g/mol. The van der Waals surface area contributed by atoms with Gasteiger partial charge < -0.3 is 11.1 Å². The SMILES string of the molecule is Cc1ccccc1CNC(=O)c1ccc(N)nc1. The van der Waals surface area contributed by atoms with Crippen LogP contribution in [0.3, 0.4) is 0 Å². The topological polar surface area (TPSA) is 68.0 Å². The summed E-state index contributed by atoms with van der Waals surface area (Å²) >= 11 is 0. The molecule has 1 heterocycles. The molecule has 0 aliphatic rings. The molecular formula is C14H15N3O.